The number of unbranched alkanes of at least 4 members (excludes halogenated alkanes) is 1. The first-order chi connectivity index (χ1) is 7.28. The molecule has 0 aliphatic carbocycles. The summed E-state index contributed by atoms with van der Waals surface area (Å²) in [6.07, 6.45) is 5.13. The average Bonchev–Trinajstić information content (AvgIpc) is 2.28. The van der Waals surface area contributed by atoms with Crippen LogP contribution in [-0.2, 0) is 0 Å². The summed E-state index contributed by atoms with van der Waals surface area (Å²) >= 11 is 0. The fraction of sp³-hybridized carbons (Fsp3) is 1.00. The molecule has 0 fully saturated rings. The van der Waals surface area contributed by atoms with Gasteiger partial charge in [0.1, 0.15) is 0 Å². The summed E-state index contributed by atoms with van der Waals surface area (Å²) in [5, 5.41) is 3.62. The van der Waals surface area contributed by atoms with E-state index in [4.69, 9.17) is 0 Å². The van der Waals surface area contributed by atoms with Gasteiger partial charge in [0.2, 0.25) is 0 Å². The lowest BCUT2D eigenvalue weighted by Crippen LogP contribution is -2.37. The highest BCUT2D eigenvalue weighted by atomic mass is 15.1. The van der Waals surface area contributed by atoms with E-state index in [1.807, 2.05) is 0 Å². The highest BCUT2D eigenvalue weighted by molar-refractivity contribution is 4.64. The molecule has 1 N–H and O–H groups in total. The minimum absolute atomic E-state index is 0.717. The second kappa shape index (κ2) is 10.4. The number of rotatable bonds is 10. The minimum atomic E-state index is 0.717. The molecule has 0 aromatic rings. The highest BCUT2D eigenvalue weighted by Crippen LogP contribution is 1.97. The Labute approximate surface area is 96.4 Å². The van der Waals surface area contributed by atoms with E-state index in [-0.39, 0.29) is 0 Å². The molecule has 0 spiro atoms. The maximum Gasteiger partial charge on any atom is 0.0107 e. The smallest absolute Gasteiger partial charge is 0.0107 e. The van der Waals surface area contributed by atoms with Gasteiger partial charge in [0, 0.05) is 19.1 Å². The number of likely N-dealkylation sites (N-methyl/N-ethyl adjacent to an activating group) is 1. The van der Waals surface area contributed by atoms with Crippen molar-refractivity contribution >= 4 is 0 Å². The van der Waals surface area contributed by atoms with Crippen LogP contribution in [0, 0.1) is 0 Å². The average molecular weight is 214 g/mol. The molecule has 15 heavy (non-hydrogen) atoms. The number of nitrogens with zero attached hydrogens (tertiary/aromatic N) is 1. The number of hydrogen-bond acceptors (Lipinski definition) is 2. The van der Waals surface area contributed by atoms with Crippen molar-refractivity contribution in [2.45, 2.75) is 59.4 Å². The fourth-order valence-electron chi connectivity index (χ4n) is 1.81. The molecule has 0 atom stereocenters. The van der Waals surface area contributed by atoms with E-state index in [1.54, 1.807) is 0 Å². The molecule has 0 unspecified atom stereocenters. The molecule has 0 amide bonds. The van der Waals surface area contributed by atoms with Crippen molar-refractivity contribution in [2.24, 2.45) is 0 Å². The van der Waals surface area contributed by atoms with E-state index in [0.717, 1.165) is 12.6 Å². The van der Waals surface area contributed by atoms with Crippen molar-refractivity contribution in [1.29, 1.82) is 0 Å². The summed E-state index contributed by atoms with van der Waals surface area (Å²) < 4.78 is 0. The Morgan fingerprint density at radius 2 is 1.67 bits per heavy atom. The molecule has 0 bridgehead atoms. The Morgan fingerprint density at radius 1 is 1.00 bits per heavy atom. The third kappa shape index (κ3) is 7.80. The molecular formula is C13H30N2. The molecule has 0 radical (unpaired) electrons. The summed E-state index contributed by atoms with van der Waals surface area (Å²) in [7, 11) is 0. The molecule has 0 saturated carbocycles. The standard InChI is InChI=1S/C13H30N2/c1-5-9-11-15(8-4)12-10-14-13(6-2)7-3/h13-14H,5-12H2,1-4H3. The molecule has 2 heteroatoms. The van der Waals surface area contributed by atoms with Gasteiger partial charge in [-0.25, -0.2) is 0 Å². The summed E-state index contributed by atoms with van der Waals surface area (Å²) in [5.41, 5.74) is 0. The van der Waals surface area contributed by atoms with Crippen molar-refractivity contribution in [1.82, 2.24) is 10.2 Å². The van der Waals surface area contributed by atoms with E-state index >= 15 is 0 Å². The topological polar surface area (TPSA) is 15.3 Å². The van der Waals surface area contributed by atoms with Gasteiger partial charge < -0.3 is 10.2 Å². The first-order valence-electron chi connectivity index (χ1n) is 6.74. The Hall–Kier alpha value is -0.0800. The third-order valence-corrected chi connectivity index (χ3v) is 3.12. The maximum atomic E-state index is 3.62. The van der Waals surface area contributed by atoms with Crippen LogP contribution >= 0.6 is 0 Å². The summed E-state index contributed by atoms with van der Waals surface area (Å²) in [6.45, 7) is 13.8. The second-order valence-electron chi connectivity index (χ2n) is 4.26. The predicted octanol–water partition coefficient (Wildman–Crippen LogP) is 2.89. The van der Waals surface area contributed by atoms with Crippen molar-refractivity contribution in [3.8, 4) is 0 Å². The third-order valence-electron chi connectivity index (χ3n) is 3.12. The van der Waals surface area contributed by atoms with Gasteiger partial charge in [0.25, 0.3) is 0 Å². The van der Waals surface area contributed by atoms with Gasteiger partial charge in [0.15, 0.2) is 0 Å². The van der Waals surface area contributed by atoms with Gasteiger partial charge in [-0.05, 0) is 32.4 Å². The fourth-order valence-corrected chi connectivity index (χ4v) is 1.81. The van der Waals surface area contributed by atoms with Gasteiger partial charge >= 0.3 is 0 Å². The Bertz CT molecular complexity index is 122. The van der Waals surface area contributed by atoms with Crippen molar-refractivity contribution in [3.05, 3.63) is 0 Å². The van der Waals surface area contributed by atoms with E-state index in [0.29, 0.717) is 0 Å². The zero-order chi connectivity index (χ0) is 11.5. The Morgan fingerprint density at radius 3 is 2.13 bits per heavy atom. The summed E-state index contributed by atoms with van der Waals surface area (Å²) in [4.78, 5) is 2.54. The first-order valence-corrected chi connectivity index (χ1v) is 6.74. The molecule has 0 aliphatic heterocycles. The number of hydrogen-bond donors (Lipinski definition) is 1. The largest absolute Gasteiger partial charge is 0.313 e. The Kier molecular flexibility index (Phi) is 10.4. The van der Waals surface area contributed by atoms with E-state index < -0.39 is 0 Å². The SMILES string of the molecule is CCCCN(CC)CCNC(CC)CC. The molecule has 0 heterocycles. The minimum Gasteiger partial charge on any atom is -0.313 e. The number of nitrogens with one attached hydrogen (secondary N) is 1. The predicted molar refractivity (Wildman–Crippen MR) is 69.4 cm³/mol. The molecule has 0 aromatic carbocycles. The molecule has 0 aromatic heterocycles. The van der Waals surface area contributed by atoms with Gasteiger partial charge in [-0.2, -0.15) is 0 Å². The van der Waals surface area contributed by atoms with Crippen LogP contribution in [0.15, 0.2) is 0 Å². The molecule has 0 saturated heterocycles. The lowest BCUT2D eigenvalue weighted by atomic mass is 10.2. The van der Waals surface area contributed by atoms with Gasteiger partial charge in [-0.1, -0.05) is 34.1 Å². The Balaban J connectivity index is 3.52. The first kappa shape index (κ1) is 14.9. The highest BCUT2D eigenvalue weighted by Gasteiger charge is 2.04. The zero-order valence-electron chi connectivity index (χ0n) is 11.2. The van der Waals surface area contributed by atoms with E-state index in [1.165, 1.54) is 45.3 Å². The van der Waals surface area contributed by atoms with E-state index in [2.05, 4.69) is 37.9 Å². The summed E-state index contributed by atoms with van der Waals surface area (Å²) in [5.74, 6) is 0. The molecular weight excluding hydrogens is 184 g/mol. The van der Waals surface area contributed by atoms with Gasteiger partial charge in [-0.3, -0.25) is 0 Å². The van der Waals surface area contributed by atoms with Gasteiger partial charge in [-0.15, -0.1) is 0 Å². The van der Waals surface area contributed by atoms with Crippen LogP contribution in [0.2, 0.25) is 0 Å². The van der Waals surface area contributed by atoms with Crippen molar-refractivity contribution in [3.63, 3.8) is 0 Å². The molecule has 2 nitrogen and oxygen atoms in total. The van der Waals surface area contributed by atoms with Crippen LogP contribution in [0.5, 0.6) is 0 Å². The monoisotopic (exact) mass is 214 g/mol. The van der Waals surface area contributed by atoms with Crippen LogP contribution in [0.1, 0.15) is 53.4 Å². The van der Waals surface area contributed by atoms with Crippen molar-refractivity contribution < 1.29 is 0 Å². The van der Waals surface area contributed by atoms with Crippen LogP contribution in [-0.4, -0.2) is 37.1 Å². The quantitative estimate of drug-likeness (QED) is 0.601. The normalized spacial score (nSPS) is 11.6. The van der Waals surface area contributed by atoms with E-state index in [9.17, 15) is 0 Å². The molecule has 0 rings (SSSR count). The van der Waals surface area contributed by atoms with Crippen molar-refractivity contribution in [2.75, 3.05) is 26.2 Å². The lowest BCUT2D eigenvalue weighted by molar-refractivity contribution is 0.276. The maximum absolute atomic E-state index is 3.62. The van der Waals surface area contributed by atoms with Crippen LogP contribution in [0.25, 0.3) is 0 Å². The summed E-state index contributed by atoms with van der Waals surface area (Å²) in [6, 6.07) is 0.717. The molecule has 0 aliphatic rings. The van der Waals surface area contributed by atoms with Crippen LogP contribution < -0.4 is 5.32 Å². The zero-order valence-corrected chi connectivity index (χ0v) is 11.2. The van der Waals surface area contributed by atoms with Crippen LogP contribution in [0.3, 0.4) is 0 Å². The molecule has 92 valence electrons. The second-order valence-corrected chi connectivity index (χ2v) is 4.26. The lowest BCUT2D eigenvalue weighted by Gasteiger charge is -2.22. The van der Waals surface area contributed by atoms with Gasteiger partial charge in [0.05, 0.1) is 0 Å². The van der Waals surface area contributed by atoms with Crippen LogP contribution in [0.4, 0.5) is 0 Å².